The summed E-state index contributed by atoms with van der Waals surface area (Å²) in [5, 5.41) is 0. The SMILES string of the molecule is COCCOc1ccccc1C(N)Cc1ccccc1. The predicted molar refractivity (Wildman–Crippen MR) is 80.9 cm³/mol. The van der Waals surface area contributed by atoms with Crippen LogP contribution in [0.1, 0.15) is 17.2 Å². The van der Waals surface area contributed by atoms with Crippen LogP contribution in [0.2, 0.25) is 0 Å². The Hall–Kier alpha value is -1.84. The Bertz CT molecular complexity index is 513. The van der Waals surface area contributed by atoms with E-state index in [1.165, 1.54) is 5.56 Å². The van der Waals surface area contributed by atoms with E-state index in [4.69, 9.17) is 15.2 Å². The second kappa shape index (κ2) is 7.68. The van der Waals surface area contributed by atoms with Crippen LogP contribution in [0.4, 0.5) is 0 Å². The molecule has 0 fully saturated rings. The van der Waals surface area contributed by atoms with E-state index in [2.05, 4.69) is 12.1 Å². The molecular weight excluding hydrogens is 250 g/mol. The van der Waals surface area contributed by atoms with Crippen molar-refractivity contribution in [2.45, 2.75) is 12.5 Å². The first-order chi connectivity index (χ1) is 9.81. The van der Waals surface area contributed by atoms with Gasteiger partial charge in [-0.15, -0.1) is 0 Å². The molecule has 106 valence electrons. The summed E-state index contributed by atoms with van der Waals surface area (Å²) in [7, 11) is 1.66. The highest BCUT2D eigenvalue weighted by atomic mass is 16.5. The van der Waals surface area contributed by atoms with Crippen molar-refractivity contribution < 1.29 is 9.47 Å². The third kappa shape index (κ3) is 4.08. The Balaban J connectivity index is 2.07. The topological polar surface area (TPSA) is 44.5 Å². The minimum atomic E-state index is -0.0730. The molecule has 2 aromatic rings. The molecule has 3 nitrogen and oxygen atoms in total. The van der Waals surface area contributed by atoms with Gasteiger partial charge in [-0.25, -0.2) is 0 Å². The van der Waals surface area contributed by atoms with Crippen LogP contribution in [0, 0.1) is 0 Å². The second-order valence-electron chi connectivity index (χ2n) is 4.68. The van der Waals surface area contributed by atoms with Crippen molar-refractivity contribution in [2.75, 3.05) is 20.3 Å². The maximum absolute atomic E-state index is 6.32. The van der Waals surface area contributed by atoms with Gasteiger partial charge in [-0.05, 0) is 18.1 Å². The Kier molecular flexibility index (Phi) is 5.59. The van der Waals surface area contributed by atoms with Crippen molar-refractivity contribution in [3.8, 4) is 5.75 Å². The fourth-order valence-corrected chi connectivity index (χ4v) is 2.13. The average molecular weight is 271 g/mol. The molecule has 0 saturated carbocycles. The average Bonchev–Trinajstić information content (AvgIpc) is 2.49. The Morgan fingerprint density at radius 3 is 2.40 bits per heavy atom. The molecule has 2 aromatic carbocycles. The van der Waals surface area contributed by atoms with Gasteiger partial charge in [-0.1, -0.05) is 48.5 Å². The fraction of sp³-hybridized carbons (Fsp3) is 0.294. The fourth-order valence-electron chi connectivity index (χ4n) is 2.13. The van der Waals surface area contributed by atoms with E-state index in [1.807, 2.05) is 42.5 Å². The smallest absolute Gasteiger partial charge is 0.124 e. The van der Waals surface area contributed by atoms with Crippen molar-refractivity contribution >= 4 is 0 Å². The van der Waals surface area contributed by atoms with Gasteiger partial charge in [0.25, 0.3) is 0 Å². The summed E-state index contributed by atoms with van der Waals surface area (Å²) >= 11 is 0. The van der Waals surface area contributed by atoms with E-state index < -0.39 is 0 Å². The lowest BCUT2D eigenvalue weighted by atomic mass is 9.99. The van der Waals surface area contributed by atoms with Gasteiger partial charge in [0.1, 0.15) is 12.4 Å². The number of nitrogens with two attached hydrogens (primary N) is 1. The highest BCUT2D eigenvalue weighted by Gasteiger charge is 2.12. The molecule has 2 rings (SSSR count). The van der Waals surface area contributed by atoms with E-state index in [9.17, 15) is 0 Å². The molecule has 0 aliphatic carbocycles. The van der Waals surface area contributed by atoms with Gasteiger partial charge in [0, 0.05) is 18.7 Å². The zero-order valence-corrected chi connectivity index (χ0v) is 11.8. The summed E-state index contributed by atoms with van der Waals surface area (Å²) in [5.74, 6) is 0.841. The van der Waals surface area contributed by atoms with E-state index >= 15 is 0 Å². The summed E-state index contributed by atoms with van der Waals surface area (Å²) in [4.78, 5) is 0. The van der Waals surface area contributed by atoms with Crippen molar-refractivity contribution in [3.63, 3.8) is 0 Å². The molecule has 0 bridgehead atoms. The molecule has 0 aliphatic heterocycles. The highest BCUT2D eigenvalue weighted by molar-refractivity contribution is 5.36. The minimum absolute atomic E-state index is 0.0730. The zero-order valence-electron chi connectivity index (χ0n) is 11.8. The molecule has 20 heavy (non-hydrogen) atoms. The number of methoxy groups -OCH3 is 1. The maximum atomic E-state index is 6.32. The minimum Gasteiger partial charge on any atom is -0.491 e. The molecule has 0 aliphatic rings. The highest BCUT2D eigenvalue weighted by Crippen LogP contribution is 2.26. The molecule has 0 radical (unpaired) electrons. The summed E-state index contributed by atoms with van der Waals surface area (Å²) in [6, 6.07) is 18.1. The van der Waals surface area contributed by atoms with Crippen LogP contribution >= 0.6 is 0 Å². The van der Waals surface area contributed by atoms with Gasteiger partial charge in [0.2, 0.25) is 0 Å². The Labute approximate surface area is 120 Å². The molecule has 0 saturated heterocycles. The van der Waals surface area contributed by atoms with Gasteiger partial charge < -0.3 is 15.2 Å². The van der Waals surface area contributed by atoms with E-state index in [0.29, 0.717) is 13.2 Å². The predicted octanol–water partition coefficient (Wildman–Crippen LogP) is 2.95. The third-order valence-electron chi connectivity index (χ3n) is 3.16. The number of ether oxygens (including phenoxy) is 2. The van der Waals surface area contributed by atoms with E-state index in [0.717, 1.165) is 17.7 Å². The standard InChI is InChI=1S/C17H21NO2/c1-19-11-12-20-17-10-6-5-9-15(17)16(18)13-14-7-3-2-4-8-14/h2-10,16H,11-13,18H2,1H3. The number of hydrogen-bond donors (Lipinski definition) is 1. The Morgan fingerprint density at radius 2 is 1.65 bits per heavy atom. The van der Waals surface area contributed by atoms with Crippen LogP contribution < -0.4 is 10.5 Å². The van der Waals surface area contributed by atoms with E-state index in [-0.39, 0.29) is 6.04 Å². The zero-order chi connectivity index (χ0) is 14.2. The lowest BCUT2D eigenvalue weighted by Gasteiger charge is -2.17. The van der Waals surface area contributed by atoms with Crippen LogP contribution in [-0.4, -0.2) is 20.3 Å². The molecule has 1 atom stereocenters. The lowest BCUT2D eigenvalue weighted by molar-refractivity contribution is 0.145. The maximum Gasteiger partial charge on any atom is 0.124 e. The molecule has 0 heterocycles. The van der Waals surface area contributed by atoms with E-state index in [1.54, 1.807) is 7.11 Å². The van der Waals surface area contributed by atoms with Gasteiger partial charge in [0.15, 0.2) is 0 Å². The molecular formula is C17H21NO2. The largest absolute Gasteiger partial charge is 0.491 e. The van der Waals surface area contributed by atoms with Crippen molar-refractivity contribution in [3.05, 3.63) is 65.7 Å². The Morgan fingerprint density at radius 1 is 0.950 bits per heavy atom. The summed E-state index contributed by atoms with van der Waals surface area (Å²) in [5.41, 5.74) is 8.58. The van der Waals surface area contributed by atoms with Gasteiger partial charge in [-0.2, -0.15) is 0 Å². The molecule has 0 spiro atoms. The second-order valence-corrected chi connectivity index (χ2v) is 4.68. The molecule has 1 unspecified atom stereocenters. The summed E-state index contributed by atoms with van der Waals surface area (Å²) < 4.78 is 10.7. The molecule has 3 heteroatoms. The monoisotopic (exact) mass is 271 g/mol. The summed E-state index contributed by atoms with van der Waals surface area (Å²) in [6.45, 7) is 1.10. The van der Waals surface area contributed by atoms with Gasteiger partial charge in [0.05, 0.1) is 6.61 Å². The van der Waals surface area contributed by atoms with Crippen molar-refractivity contribution in [1.82, 2.24) is 0 Å². The van der Waals surface area contributed by atoms with Crippen LogP contribution in [0.3, 0.4) is 0 Å². The first kappa shape index (κ1) is 14.6. The molecule has 0 aromatic heterocycles. The quantitative estimate of drug-likeness (QED) is 0.787. The van der Waals surface area contributed by atoms with Crippen molar-refractivity contribution in [2.24, 2.45) is 5.73 Å². The third-order valence-corrected chi connectivity index (χ3v) is 3.16. The molecule has 0 amide bonds. The first-order valence-corrected chi connectivity index (χ1v) is 6.81. The number of hydrogen-bond acceptors (Lipinski definition) is 3. The lowest BCUT2D eigenvalue weighted by Crippen LogP contribution is -2.15. The van der Waals surface area contributed by atoms with Crippen molar-refractivity contribution in [1.29, 1.82) is 0 Å². The number of benzene rings is 2. The van der Waals surface area contributed by atoms with Crippen LogP contribution in [0.5, 0.6) is 5.75 Å². The van der Waals surface area contributed by atoms with Gasteiger partial charge >= 0.3 is 0 Å². The first-order valence-electron chi connectivity index (χ1n) is 6.81. The van der Waals surface area contributed by atoms with Crippen LogP contribution in [0.15, 0.2) is 54.6 Å². The van der Waals surface area contributed by atoms with Crippen LogP contribution in [0.25, 0.3) is 0 Å². The molecule has 2 N–H and O–H groups in total. The normalized spacial score (nSPS) is 12.1. The number of para-hydroxylation sites is 1. The number of rotatable bonds is 7. The van der Waals surface area contributed by atoms with Crippen LogP contribution in [-0.2, 0) is 11.2 Å². The van der Waals surface area contributed by atoms with Gasteiger partial charge in [-0.3, -0.25) is 0 Å². The summed E-state index contributed by atoms with van der Waals surface area (Å²) in [6.07, 6.45) is 0.797.